The van der Waals surface area contributed by atoms with Crippen LogP contribution in [0.2, 0.25) is 0 Å². The van der Waals surface area contributed by atoms with Crippen LogP contribution >= 0.6 is 11.8 Å². The maximum atomic E-state index is 12.1. The van der Waals surface area contributed by atoms with Gasteiger partial charge in [-0.15, -0.1) is 0 Å². The lowest BCUT2D eigenvalue weighted by atomic mass is 9.81. The van der Waals surface area contributed by atoms with E-state index < -0.39 is 31.0 Å². The smallest absolute Gasteiger partial charge is 0.399 e. The van der Waals surface area contributed by atoms with E-state index in [1.807, 2.05) is 27.7 Å². The highest BCUT2D eigenvalue weighted by Gasteiger charge is 2.51. The molecule has 2 aliphatic rings. The Balaban J connectivity index is 1.46. The molecule has 3 heterocycles. The zero-order valence-electron chi connectivity index (χ0n) is 18.2. The van der Waals surface area contributed by atoms with Gasteiger partial charge in [-0.3, -0.25) is 4.79 Å². The zero-order valence-corrected chi connectivity index (χ0v) is 19.0. The van der Waals surface area contributed by atoms with Crippen molar-refractivity contribution in [1.82, 2.24) is 14.9 Å². The summed E-state index contributed by atoms with van der Waals surface area (Å²) in [6, 6.07) is 0. The van der Waals surface area contributed by atoms with Crippen LogP contribution in [-0.4, -0.2) is 80.9 Å². The summed E-state index contributed by atoms with van der Waals surface area (Å²) >= 11 is 1.59. The maximum absolute atomic E-state index is 12.1. The molecule has 1 amide bonds. The van der Waals surface area contributed by atoms with Crippen LogP contribution < -0.4 is 5.46 Å². The van der Waals surface area contributed by atoms with E-state index in [9.17, 15) is 9.90 Å². The number of likely N-dealkylation sites (tertiary alicyclic amines) is 1. The lowest BCUT2D eigenvalue weighted by Crippen LogP contribution is -2.46. The van der Waals surface area contributed by atoms with E-state index >= 15 is 0 Å². The molecule has 0 aromatic carbocycles. The van der Waals surface area contributed by atoms with Crippen molar-refractivity contribution in [3.63, 3.8) is 0 Å². The fourth-order valence-corrected chi connectivity index (χ4v) is 4.50. The van der Waals surface area contributed by atoms with Gasteiger partial charge in [0, 0.05) is 36.7 Å². The highest BCUT2D eigenvalue weighted by atomic mass is 32.2. The second-order valence-corrected chi connectivity index (χ2v) is 10.1. The number of piperidine rings is 1. The minimum absolute atomic E-state index is 0.378. The first-order valence-corrected chi connectivity index (χ1v) is 11.5. The SMILES string of the molecule is CC1(C)OB(c2cnc(SCCC3CCCN(C(=O)C(O)CO)C3)nc2)OC1(C)C. The summed E-state index contributed by atoms with van der Waals surface area (Å²) < 4.78 is 12.1. The molecular weight excluding hydrogens is 405 g/mol. The Hall–Kier alpha value is -1.20. The summed E-state index contributed by atoms with van der Waals surface area (Å²) in [5.41, 5.74) is 0.0168. The molecular formula is C20H32BN3O5S. The van der Waals surface area contributed by atoms with Crippen molar-refractivity contribution in [2.45, 2.75) is 69.4 Å². The third-order valence-corrected chi connectivity index (χ3v) is 7.13. The van der Waals surface area contributed by atoms with Gasteiger partial charge in [-0.1, -0.05) is 11.8 Å². The summed E-state index contributed by atoms with van der Waals surface area (Å²) in [6.07, 6.45) is 5.11. The lowest BCUT2D eigenvalue weighted by molar-refractivity contribution is -0.144. The number of carbonyl (C=O) groups excluding carboxylic acids is 1. The van der Waals surface area contributed by atoms with Crippen LogP contribution in [0.5, 0.6) is 0 Å². The molecule has 0 aliphatic carbocycles. The predicted molar refractivity (Wildman–Crippen MR) is 115 cm³/mol. The molecule has 2 aliphatic heterocycles. The number of aliphatic hydroxyl groups is 2. The summed E-state index contributed by atoms with van der Waals surface area (Å²) in [6.45, 7) is 8.80. The number of hydrogen-bond acceptors (Lipinski definition) is 8. The third-order valence-electron chi connectivity index (χ3n) is 6.22. The van der Waals surface area contributed by atoms with E-state index in [4.69, 9.17) is 14.4 Å². The van der Waals surface area contributed by atoms with Gasteiger partial charge in [0.1, 0.15) is 0 Å². The standard InChI is InChI=1S/C20H32BN3O5S/c1-19(2)20(3,4)29-21(28-19)15-10-22-18(23-11-15)30-9-7-14-6-5-8-24(12-14)17(27)16(26)13-25/h10-11,14,16,25-26H,5-9,12-13H2,1-4H3. The number of thioether (sulfide) groups is 1. The van der Waals surface area contributed by atoms with Gasteiger partial charge < -0.3 is 24.4 Å². The van der Waals surface area contributed by atoms with Gasteiger partial charge in [0.2, 0.25) is 0 Å². The van der Waals surface area contributed by atoms with Gasteiger partial charge in [-0.05, 0) is 52.9 Å². The molecule has 2 atom stereocenters. The molecule has 0 spiro atoms. The second-order valence-electron chi connectivity index (χ2n) is 9.02. The molecule has 3 rings (SSSR count). The van der Waals surface area contributed by atoms with Crippen molar-refractivity contribution in [3.05, 3.63) is 12.4 Å². The molecule has 8 nitrogen and oxygen atoms in total. The average Bonchev–Trinajstić information content (AvgIpc) is 2.94. The summed E-state index contributed by atoms with van der Waals surface area (Å²) in [5, 5.41) is 19.3. The Morgan fingerprint density at radius 2 is 1.93 bits per heavy atom. The Labute approximate surface area is 182 Å². The topological polar surface area (TPSA) is 105 Å². The van der Waals surface area contributed by atoms with Crippen molar-refractivity contribution >= 4 is 30.3 Å². The monoisotopic (exact) mass is 437 g/mol. The highest BCUT2D eigenvalue weighted by Crippen LogP contribution is 2.36. The maximum Gasteiger partial charge on any atom is 0.498 e. The van der Waals surface area contributed by atoms with E-state index in [2.05, 4.69) is 9.97 Å². The minimum atomic E-state index is -1.31. The molecule has 0 saturated carbocycles. The second kappa shape index (κ2) is 9.52. The van der Waals surface area contributed by atoms with Crippen molar-refractivity contribution < 1.29 is 24.3 Å². The summed E-state index contributed by atoms with van der Waals surface area (Å²) in [5.74, 6) is 0.854. The summed E-state index contributed by atoms with van der Waals surface area (Å²) in [7, 11) is -0.464. The van der Waals surface area contributed by atoms with Crippen LogP contribution in [0, 0.1) is 5.92 Å². The molecule has 2 saturated heterocycles. The molecule has 166 valence electrons. The van der Waals surface area contributed by atoms with Gasteiger partial charge >= 0.3 is 7.12 Å². The number of hydrogen-bond donors (Lipinski definition) is 2. The van der Waals surface area contributed by atoms with Crippen molar-refractivity contribution in [1.29, 1.82) is 0 Å². The molecule has 10 heteroatoms. The van der Waals surface area contributed by atoms with Gasteiger partial charge in [0.05, 0.1) is 17.8 Å². The molecule has 2 N–H and O–H groups in total. The van der Waals surface area contributed by atoms with Gasteiger partial charge in [0.25, 0.3) is 5.91 Å². The van der Waals surface area contributed by atoms with Crippen LogP contribution in [-0.2, 0) is 14.1 Å². The molecule has 2 unspecified atom stereocenters. The van der Waals surface area contributed by atoms with Gasteiger partial charge in [0.15, 0.2) is 11.3 Å². The van der Waals surface area contributed by atoms with E-state index in [-0.39, 0.29) is 5.91 Å². The first-order valence-electron chi connectivity index (χ1n) is 10.5. The number of rotatable bonds is 7. The van der Waals surface area contributed by atoms with Crippen LogP contribution in [0.4, 0.5) is 0 Å². The van der Waals surface area contributed by atoms with E-state index in [1.54, 1.807) is 29.1 Å². The molecule has 0 bridgehead atoms. The van der Waals surface area contributed by atoms with Crippen LogP contribution in [0.25, 0.3) is 0 Å². The lowest BCUT2D eigenvalue weighted by Gasteiger charge is -2.33. The number of nitrogens with zero attached hydrogens (tertiary/aromatic N) is 3. The normalized spacial score (nSPS) is 24.1. The van der Waals surface area contributed by atoms with E-state index in [0.717, 1.165) is 30.5 Å². The van der Waals surface area contributed by atoms with E-state index in [0.29, 0.717) is 24.2 Å². The Bertz CT molecular complexity index is 718. The Morgan fingerprint density at radius 1 is 1.30 bits per heavy atom. The third kappa shape index (κ3) is 5.34. The number of carbonyl (C=O) groups is 1. The number of amides is 1. The molecule has 2 fully saturated rings. The van der Waals surface area contributed by atoms with Crippen LogP contribution in [0.1, 0.15) is 47.0 Å². The predicted octanol–water partition coefficient (Wildman–Crippen LogP) is 0.850. The Kier molecular flexibility index (Phi) is 7.45. The number of aromatic nitrogens is 2. The first-order chi connectivity index (χ1) is 14.1. The highest BCUT2D eigenvalue weighted by molar-refractivity contribution is 7.99. The van der Waals surface area contributed by atoms with E-state index in [1.165, 1.54) is 0 Å². The van der Waals surface area contributed by atoms with Crippen molar-refractivity contribution in [2.24, 2.45) is 5.92 Å². The molecule has 30 heavy (non-hydrogen) atoms. The zero-order chi connectivity index (χ0) is 21.9. The van der Waals surface area contributed by atoms with Crippen LogP contribution in [0.3, 0.4) is 0 Å². The van der Waals surface area contributed by atoms with Gasteiger partial charge in [-0.2, -0.15) is 0 Å². The molecule has 1 aromatic heterocycles. The average molecular weight is 437 g/mol. The fourth-order valence-electron chi connectivity index (χ4n) is 3.61. The Morgan fingerprint density at radius 3 is 2.53 bits per heavy atom. The molecule has 0 radical (unpaired) electrons. The largest absolute Gasteiger partial charge is 0.498 e. The van der Waals surface area contributed by atoms with Crippen LogP contribution in [0.15, 0.2) is 17.6 Å². The summed E-state index contributed by atoms with van der Waals surface area (Å²) in [4.78, 5) is 22.6. The number of aliphatic hydroxyl groups excluding tert-OH is 2. The first kappa shape index (κ1) is 23.5. The van der Waals surface area contributed by atoms with Gasteiger partial charge in [-0.25, -0.2) is 9.97 Å². The van der Waals surface area contributed by atoms with Crippen molar-refractivity contribution in [2.75, 3.05) is 25.4 Å². The molecule has 1 aromatic rings. The van der Waals surface area contributed by atoms with Crippen molar-refractivity contribution in [3.8, 4) is 0 Å². The quantitative estimate of drug-likeness (QED) is 0.368. The minimum Gasteiger partial charge on any atom is -0.399 e. The fraction of sp³-hybridized carbons (Fsp3) is 0.750.